The first-order valence-electron chi connectivity index (χ1n) is 12.9. The Morgan fingerprint density at radius 3 is 2.37 bits per heavy atom. The topological polar surface area (TPSA) is 81.2 Å². The third-order valence-corrected chi connectivity index (χ3v) is 6.77. The average Bonchev–Trinajstić information content (AvgIpc) is 3.45. The lowest BCUT2D eigenvalue weighted by Gasteiger charge is -2.25. The fraction of sp³-hybridized carbons (Fsp3) is 0.258. The summed E-state index contributed by atoms with van der Waals surface area (Å²) in [6.07, 6.45) is 6.48. The number of hydrogen-bond donors (Lipinski definition) is 3. The van der Waals surface area contributed by atoms with E-state index in [-0.39, 0.29) is 6.04 Å². The zero-order chi connectivity index (χ0) is 26.9. The first-order valence-corrected chi connectivity index (χ1v) is 12.9. The van der Waals surface area contributed by atoms with Crippen LogP contribution in [0.2, 0.25) is 0 Å². The van der Waals surface area contributed by atoms with E-state index in [0.717, 1.165) is 52.6 Å². The third-order valence-electron chi connectivity index (χ3n) is 6.77. The number of aromatic amines is 1. The Hall–Kier alpha value is -4.07. The summed E-state index contributed by atoms with van der Waals surface area (Å²) in [4.78, 5) is 18.8. The van der Waals surface area contributed by atoms with E-state index in [9.17, 15) is 0 Å². The summed E-state index contributed by atoms with van der Waals surface area (Å²) in [6.45, 7) is 6.55. The van der Waals surface area contributed by atoms with Gasteiger partial charge in [-0.1, -0.05) is 54.6 Å². The number of rotatable bonds is 12. The van der Waals surface area contributed by atoms with Crippen molar-refractivity contribution in [2.24, 2.45) is 4.99 Å². The van der Waals surface area contributed by atoms with Gasteiger partial charge in [-0.15, -0.1) is 0 Å². The molecule has 38 heavy (non-hydrogen) atoms. The van der Waals surface area contributed by atoms with Crippen molar-refractivity contribution < 1.29 is 0 Å². The first kappa shape index (κ1) is 27.0. The van der Waals surface area contributed by atoms with Crippen LogP contribution in [0, 0.1) is 0 Å². The molecule has 3 N–H and O–H groups in total. The van der Waals surface area contributed by atoms with Crippen molar-refractivity contribution in [1.29, 1.82) is 0 Å². The maximum atomic E-state index is 4.70. The van der Waals surface area contributed by atoms with Crippen LogP contribution in [0.5, 0.6) is 0 Å². The summed E-state index contributed by atoms with van der Waals surface area (Å²) in [5.41, 5.74) is 7.25. The molecule has 7 nitrogen and oxygen atoms in total. The molecule has 0 radical (unpaired) electrons. The second kappa shape index (κ2) is 12.9. The fourth-order valence-corrected chi connectivity index (χ4v) is 4.44. The zero-order valence-corrected chi connectivity index (χ0v) is 22.6. The summed E-state index contributed by atoms with van der Waals surface area (Å²) < 4.78 is 0. The fourth-order valence-electron chi connectivity index (χ4n) is 4.44. The lowest BCUT2D eigenvalue weighted by molar-refractivity contribution is 0.284. The van der Waals surface area contributed by atoms with Crippen molar-refractivity contribution in [3.05, 3.63) is 102 Å². The van der Waals surface area contributed by atoms with E-state index in [1.807, 2.05) is 25.5 Å². The highest BCUT2D eigenvalue weighted by Gasteiger charge is 2.14. The molecule has 0 aliphatic carbocycles. The van der Waals surface area contributed by atoms with Crippen molar-refractivity contribution in [2.45, 2.75) is 25.4 Å². The van der Waals surface area contributed by atoms with Gasteiger partial charge in [0.1, 0.15) is 5.82 Å². The number of H-pyrrole nitrogens is 1. The smallest absolute Gasteiger partial charge is 0.123 e. The molecule has 4 aromatic rings. The minimum Gasteiger partial charge on any atom is -0.383 e. The largest absolute Gasteiger partial charge is 0.383 e. The lowest BCUT2D eigenvalue weighted by atomic mass is 10.0. The summed E-state index contributed by atoms with van der Waals surface area (Å²) in [5, 5.41) is 6.76. The highest BCUT2D eigenvalue weighted by molar-refractivity contribution is 5.69. The van der Waals surface area contributed by atoms with Crippen molar-refractivity contribution >= 4 is 12.4 Å². The summed E-state index contributed by atoms with van der Waals surface area (Å²) in [7, 11) is 6.16. The molecule has 0 amide bonds. The number of aromatic nitrogens is 3. The molecular weight excluding hydrogens is 470 g/mol. The van der Waals surface area contributed by atoms with E-state index in [2.05, 4.69) is 119 Å². The number of aliphatic imine (C=N–C) groups is 1. The maximum Gasteiger partial charge on any atom is 0.123 e. The summed E-state index contributed by atoms with van der Waals surface area (Å²) >= 11 is 0. The van der Waals surface area contributed by atoms with Crippen molar-refractivity contribution in [3.8, 4) is 22.5 Å². The van der Waals surface area contributed by atoms with Crippen molar-refractivity contribution in [1.82, 2.24) is 30.5 Å². The van der Waals surface area contributed by atoms with Crippen molar-refractivity contribution in [2.75, 3.05) is 27.7 Å². The molecular formula is C31H37N7. The Morgan fingerprint density at radius 2 is 1.74 bits per heavy atom. The summed E-state index contributed by atoms with van der Waals surface area (Å²) in [5.74, 6) is 0.908. The third kappa shape index (κ3) is 6.62. The van der Waals surface area contributed by atoms with Gasteiger partial charge in [-0.25, -0.2) is 4.98 Å². The molecule has 0 aliphatic rings. The molecule has 0 spiro atoms. The van der Waals surface area contributed by atoms with Crippen LogP contribution in [0.15, 0.2) is 90.3 Å². The monoisotopic (exact) mass is 507 g/mol. The molecule has 0 bridgehead atoms. The van der Waals surface area contributed by atoms with Crippen molar-refractivity contribution in [3.63, 3.8) is 0 Å². The van der Waals surface area contributed by atoms with E-state index < -0.39 is 0 Å². The molecule has 2 atom stereocenters. The normalized spacial score (nSPS) is 13.3. The molecule has 0 saturated carbocycles. The molecule has 0 saturated heterocycles. The first-order chi connectivity index (χ1) is 18.5. The predicted molar refractivity (Wildman–Crippen MR) is 158 cm³/mol. The summed E-state index contributed by atoms with van der Waals surface area (Å²) in [6, 6.07) is 23.6. The van der Waals surface area contributed by atoms with Crippen LogP contribution in [0.25, 0.3) is 28.2 Å². The van der Waals surface area contributed by atoms with E-state index >= 15 is 0 Å². The van der Waals surface area contributed by atoms with E-state index in [0.29, 0.717) is 6.04 Å². The molecule has 2 heterocycles. The Balaban J connectivity index is 1.41. The molecule has 196 valence electrons. The minimum absolute atomic E-state index is 0.164. The Labute approximate surface area is 225 Å². The van der Waals surface area contributed by atoms with Crippen LogP contribution in [0.1, 0.15) is 42.4 Å². The quantitative estimate of drug-likeness (QED) is 0.214. The van der Waals surface area contributed by atoms with Gasteiger partial charge in [0.2, 0.25) is 0 Å². The van der Waals surface area contributed by atoms with Gasteiger partial charge in [0.15, 0.2) is 0 Å². The highest BCUT2D eigenvalue weighted by Crippen LogP contribution is 2.25. The molecule has 2 aromatic carbocycles. The van der Waals surface area contributed by atoms with Gasteiger partial charge in [0.05, 0.1) is 29.3 Å². The van der Waals surface area contributed by atoms with Crippen LogP contribution < -0.4 is 10.6 Å². The number of hydrogen-bond acceptors (Lipinski definition) is 6. The Morgan fingerprint density at radius 1 is 1.00 bits per heavy atom. The van der Waals surface area contributed by atoms with Gasteiger partial charge in [-0.3, -0.25) is 9.98 Å². The Bertz CT molecular complexity index is 1320. The molecule has 7 heteroatoms. The molecule has 0 fully saturated rings. The number of pyridine rings is 1. The Kier molecular flexibility index (Phi) is 9.19. The number of imidazole rings is 1. The van der Waals surface area contributed by atoms with Crippen LogP contribution in [-0.4, -0.2) is 54.3 Å². The van der Waals surface area contributed by atoms with E-state index in [1.54, 1.807) is 6.20 Å². The highest BCUT2D eigenvalue weighted by atomic mass is 15.1. The molecule has 2 aromatic heterocycles. The van der Waals surface area contributed by atoms with Gasteiger partial charge >= 0.3 is 0 Å². The van der Waals surface area contributed by atoms with Gasteiger partial charge in [0.25, 0.3) is 0 Å². The second-order valence-corrected chi connectivity index (χ2v) is 9.53. The average molecular weight is 508 g/mol. The minimum atomic E-state index is 0.164. The van der Waals surface area contributed by atoms with Crippen LogP contribution >= 0.6 is 0 Å². The van der Waals surface area contributed by atoms with Gasteiger partial charge in [0, 0.05) is 36.1 Å². The maximum absolute atomic E-state index is 4.70. The molecule has 0 aliphatic heterocycles. The van der Waals surface area contributed by atoms with Crippen LogP contribution in [0.4, 0.5) is 0 Å². The standard InChI is InChI=1S/C31H37N7/c1-22(33-3)31-36-21-29(37-31)26-15-16-27(35-19-26)23-11-13-24(14-12-23)28(20-32-2)34-18-17-30(38(4)5)25-9-7-6-8-10-25/h6-16,19-22,30,33-34H,2,17-18H2,1,3-5H3,(H,36,37)/b28-20-/t22-,30-/m0/s1. The van der Waals surface area contributed by atoms with E-state index in [4.69, 9.17) is 4.98 Å². The van der Waals surface area contributed by atoms with Crippen LogP contribution in [0.3, 0.4) is 0 Å². The number of benzene rings is 2. The zero-order valence-electron chi connectivity index (χ0n) is 22.6. The number of nitrogens with zero attached hydrogens (tertiary/aromatic N) is 4. The SMILES string of the molecule is C=N/C=C(\NCC[C@@H](c1ccccc1)N(C)C)c1ccc(-c2ccc(-c3cnc([C@H](C)NC)[nH]3)cn2)cc1. The predicted octanol–water partition coefficient (Wildman–Crippen LogP) is 5.70. The lowest BCUT2D eigenvalue weighted by Crippen LogP contribution is -2.24. The second-order valence-electron chi connectivity index (χ2n) is 9.53. The van der Waals surface area contributed by atoms with Gasteiger partial charge in [-0.2, -0.15) is 0 Å². The van der Waals surface area contributed by atoms with Gasteiger partial charge in [-0.05, 0) is 64.5 Å². The number of nitrogens with one attached hydrogen (secondary N) is 3. The van der Waals surface area contributed by atoms with E-state index in [1.165, 1.54) is 5.56 Å². The van der Waals surface area contributed by atoms with Crippen LogP contribution in [-0.2, 0) is 0 Å². The molecule has 0 unspecified atom stereocenters. The molecule has 4 rings (SSSR count). The van der Waals surface area contributed by atoms with Gasteiger partial charge < -0.3 is 20.5 Å².